The molecule has 146 valence electrons. The number of sulfonamides is 1. The fourth-order valence-corrected chi connectivity index (χ4v) is 3.96. The molecular formula is C19H21N5O3S. The third kappa shape index (κ3) is 3.79. The average Bonchev–Trinajstić information content (AvgIpc) is 3.11. The topological polar surface area (TPSA) is 98.4 Å². The van der Waals surface area contributed by atoms with Crippen LogP contribution in [0.15, 0.2) is 48.5 Å². The highest BCUT2D eigenvalue weighted by Crippen LogP contribution is 2.22. The number of para-hydroxylation sites is 1. The molecule has 0 atom stereocenters. The second kappa shape index (κ2) is 7.16. The van der Waals surface area contributed by atoms with Gasteiger partial charge in [-0.2, -0.15) is 5.10 Å². The molecule has 3 aromatic rings. The van der Waals surface area contributed by atoms with Crippen molar-refractivity contribution in [1.29, 1.82) is 0 Å². The van der Waals surface area contributed by atoms with Gasteiger partial charge in [0.05, 0.1) is 11.8 Å². The number of anilines is 2. The number of hydrogen-bond donors (Lipinski definition) is 2. The van der Waals surface area contributed by atoms with Gasteiger partial charge in [-0.05, 0) is 30.3 Å². The molecule has 0 saturated carbocycles. The molecule has 2 heterocycles. The van der Waals surface area contributed by atoms with Crippen LogP contribution in [0.4, 0.5) is 11.4 Å². The van der Waals surface area contributed by atoms with Gasteiger partial charge in [-0.25, -0.2) is 8.42 Å². The number of carbonyl (C=O) groups is 1. The van der Waals surface area contributed by atoms with E-state index in [-0.39, 0.29) is 5.91 Å². The van der Waals surface area contributed by atoms with E-state index in [0.717, 1.165) is 22.8 Å². The quantitative estimate of drug-likeness (QED) is 0.698. The Hall–Kier alpha value is -3.07. The van der Waals surface area contributed by atoms with Gasteiger partial charge in [-0.3, -0.25) is 14.6 Å². The lowest BCUT2D eigenvalue weighted by Gasteiger charge is -2.36. The van der Waals surface area contributed by atoms with Crippen molar-refractivity contribution in [3.63, 3.8) is 0 Å². The second-order valence-corrected chi connectivity index (χ2v) is 8.57. The van der Waals surface area contributed by atoms with E-state index < -0.39 is 10.0 Å². The monoisotopic (exact) mass is 399 g/mol. The van der Waals surface area contributed by atoms with Crippen LogP contribution in [0, 0.1) is 0 Å². The minimum absolute atomic E-state index is 0.0650. The summed E-state index contributed by atoms with van der Waals surface area (Å²) in [7, 11) is -3.29. The number of nitrogens with zero attached hydrogens (tertiary/aromatic N) is 3. The van der Waals surface area contributed by atoms with Crippen molar-refractivity contribution >= 4 is 38.2 Å². The van der Waals surface area contributed by atoms with Gasteiger partial charge in [0.1, 0.15) is 0 Å². The zero-order valence-electron chi connectivity index (χ0n) is 15.4. The molecule has 28 heavy (non-hydrogen) atoms. The summed E-state index contributed by atoms with van der Waals surface area (Å²) in [5, 5.41) is 7.95. The highest BCUT2D eigenvalue weighted by atomic mass is 32.2. The van der Waals surface area contributed by atoms with Crippen LogP contribution < -0.4 is 9.62 Å². The molecule has 8 nitrogen and oxygen atoms in total. The molecular weight excluding hydrogens is 378 g/mol. The Morgan fingerprint density at radius 2 is 1.71 bits per heavy atom. The van der Waals surface area contributed by atoms with E-state index in [4.69, 9.17) is 0 Å². The molecule has 1 aromatic heterocycles. The van der Waals surface area contributed by atoms with E-state index in [1.165, 1.54) is 0 Å². The summed E-state index contributed by atoms with van der Waals surface area (Å²) in [6.07, 6.45) is 1.12. The third-order valence-electron chi connectivity index (χ3n) is 4.78. The van der Waals surface area contributed by atoms with Crippen LogP contribution in [0.2, 0.25) is 0 Å². The number of fused-ring (bicyclic) bond motifs is 1. The summed E-state index contributed by atoms with van der Waals surface area (Å²) in [6.45, 7) is 2.60. The molecule has 0 aliphatic carbocycles. The zero-order chi connectivity index (χ0) is 19.7. The van der Waals surface area contributed by atoms with E-state index in [9.17, 15) is 13.2 Å². The average molecular weight is 399 g/mol. The van der Waals surface area contributed by atoms with Crippen LogP contribution in [0.25, 0.3) is 10.9 Å². The third-order valence-corrected chi connectivity index (χ3v) is 5.38. The molecule has 0 spiro atoms. The molecule has 1 fully saturated rings. The van der Waals surface area contributed by atoms with Crippen LogP contribution in [-0.4, -0.2) is 61.9 Å². The van der Waals surface area contributed by atoms with Crippen molar-refractivity contribution < 1.29 is 13.2 Å². The first-order valence-corrected chi connectivity index (χ1v) is 10.8. The van der Waals surface area contributed by atoms with Crippen LogP contribution in [0.3, 0.4) is 0 Å². The smallest absolute Gasteiger partial charge is 0.275 e. The van der Waals surface area contributed by atoms with Crippen LogP contribution in [-0.2, 0) is 10.0 Å². The van der Waals surface area contributed by atoms with Gasteiger partial charge in [0.25, 0.3) is 5.91 Å². The number of H-pyrrole nitrogens is 1. The van der Waals surface area contributed by atoms with Crippen LogP contribution in [0.5, 0.6) is 0 Å². The van der Waals surface area contributed by atoms with Crippen molar-refractivity contribution in [1.82, 2.24) is 15.1 Å². The van der Waals surface area contributed by atoms with Gasteiger partial charge < -0.3 is 9.80 Å². The number of rotatable bonds is 4. The lowest BCUT2D eigenvalue weighted by molar-refractivity contribution is 0.0742. The highest BCUT2D eigenvalue weighted by molar-refractivity contribution is 7.92. The Kier molecular flexibility index (Phi) is 4.68. The second-order valence-electron chi connectivity index (χ2n) is 6.82. The number of hydrogen-bond acceptors (Lipinski definition) is 5. The molecule has 2 N–H and O–H groups in total. The number of amides is 1. The Morgan fingerprint density at radius 1 is 1.04 bits per heavy atom. The molecule has 0 bridgehead atoms. The fraction of sp³-hybridized carbons (Fsp3) is 0.263. The lowest BCUT2D eigenvalue weighted by atomic mass is 10.1. The molecule has 2 aromatic carbocycles. The first-order chi connectivity index (χ1) is 13.4. The Morgan fingerprint density at radius 3 is 2.39 bits per heavy atom. The number of carbonyl (C=O) groups excluding carboxylic acids is 1. The Bertz CT molecular complexity index is 1100. The summed E-state index contributed by atoms with van der Waals surface area (Å²) >= 11 is 0. The zero-order valence-corrected chi connectivity index (χ0v) is 16.2. The van der Waals surface area contributed by atoms with Crippen LogP contribution >= 0.6 is 0 Å². The van der Waals surface area contributed by atoms with Crippen molar-refractivity contribution in [2.75, 3.05) is 42.1 Å². The van der Waals surface area contributed by atoms with E-state index in [0.29, 0.717) is 37.6 Å². The van der Waals surface area contributed by atoms with Crippen LogP contribution in [0.1, 0.15) is 10.5 Å². The molecule has 1 aliphatic heterocycles. The molecule has 4 rings (SSSR count). The molecule has 0 unspecified atom stereocenters. The van der Waals surface area contributed by atoms with E-state index in [1.54, 1.807) is 12.1 Å². The predicted octanol–water partition coefficient (Wildman–Crippen LogP) is 1.90. The summed E-state index contributed by atoms with van der Waals surface area (Å²) < 4.78 is 25.1. The fourth-order valence-electron chi connectivity index (χ4n) is 3.40. The van der Waals surface area contributed by atoms with Gasteiger partial charge in [0.2, 0.25) is 10.0 Å². The van der Waals surface area contributed by atoms with Gasteiger partial charge >= 0.3 is 0 Å². The summed E-state index contributed by atoms with van der Waals surface area (Å²) in [5.41, 5.74) is 2.84. The first kappa shape index (κ1) is 18.3. The molecule has 1 amide bonds. The minimum Gasteiger partial charge on any atom is -0.368 e. The standard InChI is InChI=1S/C19H21N5O3S/c1-28(26,27)22-14-6-8-15(9-7-14)23-10-12-24(13-11-23)19(25)18-16-4-2-3-5-17(16)20-21-18/h2-9,22H,10-13H2,1H3,(H,20,21). The maximum atomic E-state index is 12.9. The number of aromatic nitrogens is 2. The number of nitrogens with one attached hydrogen (secondary N) is 2. The normalized spacial score (nSPS) is 15.0. The summed E-state index contributed by atoms with van der Waals surface area (Å²) in [6, 6.07) is 14.8. The van der Waals surface area contributed by atoms with Crippen molar-refractivity contribution in [3.05, 3.63) is 54.2 Å². The largest absolute Gasteiger partial charge is 0.368 e. The van der Waals surface area contributed by atoms with Crippen molar-refractivity contribution in [2.45, 2.75) is 0 Å². The first-order valence-electron chi connectivity index (χ1n) is 8.96. The summed E-state index contributed by atoms with van der Waals surface area (Å²) in [4.78, 5) is 16.9. The van der Waals surface area contributed by atoms with Gasteiger partial charge in [0, 0.05) is 42.9 Å². The van der Waals surface area contributed by atoms with E-state index in [1.807, 2.05) is 41.3 Å². The Labute approximate surface area is 163 Å². The van der Waals surface area contributed by atoms with Gasteiger partial charge in [-0.15, -0.1) is 0 Å². The number of benzene rings is 2. The molecule has 1 aliphatic rings. The molecule has 0 radical (unpaired) electrons. The highest BCUT2D eigenvalue weighted by Gasteiger charge is 2.25. The van der Waals surface area contributed by atoms with Crippen molar-refractivity contribution in [2.24, 2.45) is 0 Å². The van der Waals surface area contributed by atoms with Gasteiger partial charge in [-0.1, -0.05) is 18.2 Å². The predicted molar refractivity (Wildman–Crippen MR) is 109 cm³/mol. The maximum absolute atomic E-state index is 12.9. The summed E-state index contributed by atoms with van der Waals surface area (Å²) in [5.74, 6) is -0.0650. The van der Waals surface area contributed by atoms with Crippen molar-refractivity contribution in [3.8, 4) is 0 Å². The molecule has 1 saturated heterocycles. The lowest BCUT2D eigenvalue weighted by Crippen LogP contribution is -2.48. The van der Waals surface area contributed by atoms with Gasteiger partial charge in [0.15, 0.2) is 5.69 Å². The maximum Gasteiger partial charge on any atom is 0.275 e. The van der Waals surface area contributed by atoms with E-state index in [2.05, 4.69) is 19.8 Å². The molecule has 9 heteroatoms. The number of piperazine rings is 1. The minimum atomic E-state index is -3.29. The Balaban J connectivity index is 1.41. The number of aromatic amines is 1. The van der Waals surface area contributed by atoms with E-state index >= 15 is 0 Å². The SMILES string of the molecule is CS(=O)(=O)Nc1ccc(N2CCN(C(=O)c3n[nH]c4ccccc34)CC2)cc1.